The van der Waals surface area contributed by atoms with Crippen molar-refractivity contribution in [3.8, 4) is 0 Å². The first-order valence-corrected chi connectivity index (χ1v) is 3.22. The summed E-state index contributed by atoms with van der Waals surface area (Å²) in [6.07, 6.45) is -0.928. The van der Waals surface area contributed by atoms with E-state index in [1.54, 1.807) is 0 Å². The average Bonchev–Trinajstić information content (AvgIpc) is 1.88. The van der Waals surface area contributed by atoms with E-state index >= 15 is 0 Å². The first kappa shape index (κ1) is 7.22. The quantitative estimate of drug-likeness (QED) is 0.617. The molecule has 2 heteroatoms. The number of benzene rings is 1. The van der Waals surface area contributed by atoms with Gasteiger partial charge in [-0.15, -0.1) is 0 Å². The summed E-state index contributed by atoms with van der Waals surface area (Å²) >= 11 is 0. The third-order valence-electron chi connectivity index (χ3n) is 1.27. The van der Waals surface area contributed by atoms with E-state index in [9.17, 15) is 4.39 Å². The topological polar surface area (TPSA) is 26.0 Å². The van der Waals surface area contributed by atoms with Crippen molar-refractivity contribution >= 4 is 0 Å². The van der Waals surface area contributed by atoms with Crippen LogP contribution >= 0.6 is 0 Å². The van der Waals surface area contributed by atoms with Crippen molar-refractivity contribution in [2.45, 2.75) is 12.7 Å². The van der Waals surface area contributed by atoms with Crippen molar-refractivity contribution in [3.63, 3.8) is 0 Å². The van der Waals surface area contributed by atoms with Crippen LogP contribution in [-0.2, 0) is 6.42 Å². The van der Waals surface area contributed by atoms with Gasteiger partial charge in [0.2, 0.25) is 0 Å². The summed E-state index contributed by atoms with van der Waals surface area (Å²) in [6.45, 7) is 0. The molecule has 1 aromatic carbocycles. The predicted molar refractivity (Wildman–Crippen MR) is 39.2 cm³/mol. The highest BCUT2D eigenvalue weighted by atomic mass is 19.1. The first-order chi connectivity index (χ1) is 4.79. The molecule has 0 spiro atoms. The normalized spacial score (nSPS) is 13.0. The van der Waals surface area contributed by atoms with Gasteiger partial charge in [0.25, 0.3) is 0 Å². The second-order valence-corrected chi connectivity index (χ2v) is 2.21. The fourth-order valence-electron chi connectivity index (χ4n) is 0.839. The number of hydrogen-bond acceptors (Lipinski definition) is 1. The Morgan fingerprint density at radius 3 is 2.40 bits per heavy atom. The van der Waals surface area contributed by atoms with Gasteiger partial charge < -0.3 is 5.73 Å². The lowest BCUT2D eigenvalue weighted by atomic mass is 10.1. The minimum Gasteiger partial charge on any atom is -0.301 e. The zero-order valence-corrected chi connectivity index (χ0v) is 5.63. The van der Waals surface area contributed by atoms with Crippen LogP contribution in [0.1, 0.15) is 5.56 Å². The van der Waals surface area contributed by atoms with Crippen LogP contribution in [0.2, 0.25) is 0 Å². The molecule has 0 aliphatic carbocycles. The van der Waals surface area contributed by atoms with Gasteiger partial charge in [-0.2, -0.15) is 0 Å². The molecule has 54 valence electrons. The Kier molecular flexibility index (Phi) is 2.40. The molecule has 1 aromatic rings. The molecule has 1 unspecified atom stereocenters. The van der Waals surface area contributed by atoms with Crippen LogP contribution in [0.15, 0.2) is 30.3 Å². The van der Waals surface area contributed by atoms with Crippen LogP contribution in [-0.4, -0.2) is 6.30 Å². The molecular weight excluding hydrogens is 129 g/mol. The van der Waals surface area contributed by atoms with Gasteiger partial charge in [0.05, 0.1) is 0 Å². The third kappa shape index (κ3) is 2.15. The molecule has 0 saturated carbocycles. The molecule has 1 atom stereocenters. The fourth-order valence-corrected chi connectivity index (χ4v) is 0.839. The van der Waals surface area contributed by atoms with E-state index in [2.05, 4.69) is 0 Å². The maximum Gasteiger partial charge on any atom is 0.152 e. The van der Waals surface area contributed by atoms with Gasteiger partial charge in [0.1, 0.15) is 0 Å². The number of hydrogen-bond donors (Lipinski definition) is 1. The van der Waals surface area contributed by atoms with Gasteiger partial charge in [0, 0.05) is 6.42 Å². The van der Waals surface area contributed by atoms with Crippen molar-refractivity contribution in [1.29, 1.82) is 0 Å². The standard InChI is InChI=1S/C8H10FN/c9-8(10)6-7-4-2-1-3-5-7/h1-5,8H,6,10H2. The van der Waals surface area contributed by atoms with E-state index < -0.39 is 6.30 Å². The van der Waals surface area contributed by atoms with Gasteiger partial charge >= 0.3 is 0 Å². The zero-order chi connectivity index (χ0) is 7.40. The summed E-state index contributed by atoms with van der Waals surface area (Å²) in [7, 11) is 0. The lowest BCUT2D eigenvalue weighted by Gasteiger charge is -1.99. The maximum atomic E-state index is 12.2. The van der Waals surface area contributed by atoms with Crippen molar-refractivity contribution < 1.29 is 4.39 Å². The first-order valence-electron chi connectivity index (χ1n) is 3.22. The van der Waals surface area contributed by atoms with Crippen molar-refractivity contribution in [2.75, 3.05) is 0 Å². The summed E-state index contributed by atoms with van der Waals surface area (Å²) in [5, 5.41) is 0. The predicted octanol–water partition coefficient (Wildman–Crippen LogP) is 1.48. The molecule has 0 aliphatic rings. The fraction of sp³-hybridized carbons (Fsp3) is 0.250. The van der Waals surface area contributed by atoms with Crippen LogP contribution in [0.3, 0.4) is 0 Å². The van der Waals surface area contributed by atoms with E-state index in [4.69, 9.17) is 5.73 Å². The summed E-state index contributed by atoms with van der Waals surface area (Å²) < 4.78 is 12.2. The Balaban J connectivity index is 2.59. The molecular formula is C8H10FN. The summed E-state index contributed by atoms with van der Waals surface area (Å²) in [4.78, 5) is 0. The van der Waals surface area contributed by atoms with Gasteiger partial charge in [-0.3, -0.25) is 0 Å². The maximum absolute atomic E-state index is 12.2. The van der Waals surface area contributed by atoms with Crippen molar-refractivity contribution in [3.05, 3.63) is 35.9 Å². The smallest absolute Gasteiger partial charge is 0.152 e. The molecule has 0 bridgehead atoms. The molecule has 0 aliphatic heterocycles. The number of rotatable bonds is 2. The van der Waals surface area contributed by atoms with E-state index in [0.717, 1.165) is 5.56 Å². The third-order valence-corrected chi connectivity index (χ3v) is 1.27. The Hall–Kier alpha value is -0.890. The lowest BCUT2D eigenvalue weighted by molar-refractivity contribution is 0.343. The van der Waals surface area contributed by atoms with E-state index in [1.807, 2.05) is 30.3 Å². The zero-order valence-electron chi connectivity index (χ0n) is 5.63. The van der Waals surface area contributed by atoms with Crippen LogP contribution < -0.4 is 5.73 Å². The molecule has 1 nitrogen and oxygen atoms in total. The Labute approximate surface area is 59.7 Å². The van der Waals surface area contributed by atoms with E-state index in [1.165, 1.54) is 0 Å². The highest BCUT2D eigenvalue weighted by Gasteiger charge is 1.97. The van der Waals surface area contributed by atoms with Gasteiger partial charge in [-0.1, -0.05) is 30.3 Å². The SMILES string of the molecule is NC(F)Cc1ccccc1. The van der Waals surface area contributed by atoms with Crippen LogP contribution in [0.4, 0.5) is 4.39 Å². The number of alkyl halides is 1. The van der Waals surface area contributed by atoms with Gasteiger partial charge in [-0.25, -0.2) is 4.39 Å². The molecule has 0 aromatic heterocycles. The Morgan fingerprint density at radius 1 is 1.30 bits per heavy atom. The van der Waals surface area contributed by atoms with Gasteiger partial charge in [-0.05, 0) is 5.56 Å². The van der Waals surface area contributed by atoms with Crippen molar-refractivity contribution in [1.82, 2.24) is 0 Å². The second kappa shape index (κ2) is 3.32. The molecule has 0 saturated heterocycles. The molecule has 0 radical (unpaired) electrons. The van der Waals surface area contributed by atoms with Crippen LogP contribution in [0, 0.1) is 0 Å². The molecule has 0 amide bonds. The molecule has 10 heavy (non-hydrogen) atoms. The highest BCUT2D eigenvalue weighted by Crippen LogP contribution is 2.01. The molecule has 1 rings (SSSR count). The Bertz CT molecular complexity index is 184. The van der Waals surface area contributed by atoms with E-state index in [-0.39, 0.29) is 0 Å². The molecule has 0 fully saturated rings. The van der Waals surface area contributed by atoms with Gasteiger partial charge in [0.15, 0.2) is 6.30 Å². The molecule has 2 N–H and O–H groups in total. The largest absolute Gasteiger partial charge is 0.301 e. The lowest BCUT2D eigenvalue weighted by Crippen LogP contribution is -2.15. The number of halogens is 1. The monoisotopic (exact) mass is 139 g/mol. The van der Waals surface area contributed by atoms with Crippen LogP contribution in [0.5, 0.6) is 0 Å². The Morgan fingerprint density at radius 2 is 1.90 bits per heavy atom. The summed E-state index contributed by atoms with van der Waals surface area (Å²) in [5.74, 6) is 0. The summed E-state index contributed by atoms with van der Waals surface area (Å²) in [5.41, 5.74) is 5.90. The number of nitrogens with two attached hydrogens (primary N) is 1. The minimum absolute atomic E-state index is 0.306. The summed E-state index contributed by atoms with van der Waals surface area (Å²) in [6, 6.07) is 9.36. The second-order valence-electron chi connectivity index (χ2n) is 2.21. The average molecular weight is 139 g/mol. The van der Waals surface area contributed by atoms with E-state index in [0.29, 0.717) is 6.42 Å². The minimum atomic E-state index is -1.23. The highest BCUT2D eigenvalue weighted by molar-refractivity contribution is 5.15. The van der Waals surface area contributed by atoms with Crippen molar-refractivity contribution in [2.24, 2.45) is 5.73 Å². The van der Waals surface area contributed by atoms with Crippen LogP contribution in [0.25, 0.3) is 0 Å². The molecule has 0 heterocycles.